The van der Waals surface area contributed by atoms with Gasteiger partial charge in [-0.3, -0.25) is 9.69 Å². The number of hydrogen-bond donors (Lipinski definition) is 1. The van der Waals surface area contributed by atoms with Gasteiger partial charge in [-0.05, 0) is 31.9 Å². The van der Waals surface area contributed by atoms with E-state index in [1.54, 1.807) is 0 Å². The lowest BCUT2D eigenvalue weighted by Gasteiger charge is -2.35. The lowest BCUT2D eigenvalue weighted by Crippen LogP contribution is -2.41. The number of rotatable bonds is 4. The van der Waals surface area contributed by atoms with E-state index in [0.717, 1.165) is 16.5 Å². The number of aromatic nitrogens is 1. The molecule has 1 aliphatic carbocycles. The minimum Gasteiger partial charge on any atom is -0.360 e. The molecule has 1 saturated carbocycles. The quantitative estimate of drug-likeness (QED) is 0.865. The van der Waals surface area contributed by atoms with Crippen LogP contribution in [0, 0.1) is 5.92 Å². The fraction of sp³-hybridized carbons (Fsp3) is 0.500. The van der Waals surface area contributed by atoms with Crippen molar-refractivity contribution in [3.05, 3.63) is 36.0 Å². The van der Waals surface area contributed by atoms with E-state index in [-0.39, 0.29) is 5.78 Å². The molecule has 1 heterocycles. The molecular weight excluding hydrogens is 260 g/mol. The van der Waals surface area contributed by atoms with Crippen LogP contribution in [0.4, 0.5) is 0 Å². The van der Waals surface area contributed by atoms with Gasteiger partial charge in [0, 0.05) is 28.7 Å². The van der Waals surface area contributed by atoms with Gasteiger partial charge in [0.25, 0.3) is 0 Å². The Morgan fingerprint density at radius 1 is 1.29 bits per heavy atom. The minimum absolute atomic E-state index is 0.215. The van der Waals surface area contributed by atoms with Gasteiger partial charge in [-0.15, -0.1) is 0 Å². The highest BCUT2D eigenvalue weighted by atomic mass is 16.1. The van der Waals surface area contributed by atoms with E-state index in [1.807, 2.05) is 30.5 Å². The molecule has 0 radical (unpaired) electrons. The number of ketones is 1. The zero-order chi connectivity index (χ0) is 14.8. The fourth-order valence-corrected chi connectivity index (χ4v) is 3.68. The van der Waals surface area contributed by atoms with Gasteiger partial charge in [0.15, 0.2) is 5.78 Å². The number of carbonyl (C=O) groups is 1. The summed E-state index contributed by atoms with van der Waals surface area (Å²) >= 11 is 0. The molecule has 3 rings (SSSR count). The molecule has 1 N–H and O–H groups in total. The number of para-hydroxylation sites is 1. The second-order valence-electron chi connectivity index (χ2n) is 6.42. The maximum atomic E-state index is 12.6. The number of H-pyrrole nitrogens is 1. The van der Waals surface area contributed by atoms with Crippen molar-refractivity contribution >= 4 is 16.7 Å². The second kappa shape index (κ2) is 6.02. The van der Waals surface area contributed by atoms with Crippen LogP contribution in [0.15, 0.2) is 30.5 Å². The highest BCUT2D eigenvalue weighted by Crippen LogP contribution is 2.27. The number of aromatic amines is 1. The highest BCUT2D eigenvalue weighted by molar-refractivity contribution is 6.08. The zero-order valence-electron chi connectivity index (χ0n) is 12.9. The Kier molecular flexibility index (Phi) is 4.11. The van der Waals surface area contributed by atoms with Crippen molar-refractivity contribution in [1.29, 1.82) is 0 Å². The Balaban J connectivity index is 1.73. The van der Waals surface area contributed by atoms with Gasteiger partial charge in [0.2, 0.25) is 0 Å². The van der Waals surface area contributed by atoms with E-state index < -0.39 is 0 Å². The summed E-state index contributed by atoms with van der Waals surface area (Å²) in [5, 5.41) is 1.03. The molecule has 3 heteroatoms. The van der Waals surface area contributed by atoms with Crippen molar-refractivity contribution in [2.24, 2.45) is 5.92 Å². The van der Waals surface area contributed by atoms with Crippen LogP contribution in [0.5, 0.6) is 0 Å². The monoisotopic (exact) mass is 284 g/mol. The number of nitrogens with zero attached hydrogens (tertiary/aromatic N) is 1. The van der Waals surface area contributed by atoms with Crippen molar-refractivity contribution in [3.8, 4) is 0 Å². The maximum Gasteiger partial charge on any atom is 0.178 e. The summed E-state index contributed by atoms with van der Waals surface area (Å²) in [6.07, 6.45) is 6.99. The van der Waals surface area contributed by atoms with Crippen molar-refractivity contribution in [3.63, 3.8) is 0 Å². The number of likely N-dealkylation sites (N-methyl/N-ethyl adjacent to an activating group) is 1. The van der Waals surface area contributed by atoms with Crippen LogP contribution in [0.1, 0.15) is 43.0 Å². The summed E-state index contributed by atoms with van der Waals surface area (Å²) in [5.41, 5.74) is 1.86. The summed E-state index contributed by atoms with van der Waals surface area (Å²) in [7, 11) is 2.10. The van der Waals surface area contributed by atoms with Gasteiger partial charge in [-0.2, -0.15) is 0 Å². The Labute approximate surface area is 126 Å². The number of Topliss-reactive ketones (excluding diaryl/α,β-unsaturated/α-hetero) is 1. The third-order valence-corrected chi connectivity index (χ3v) is 4.92. The second-order valence-corrected chi connectivity index (χ2v) is 6.42. The summed E-state index contributed by atoms with van der Waals surface area (Å²) in [6.45, 7) is 2.83. The van der Waals surface area contributed by atoms with Crippen molar-refractivity contribution < 1.29 is 4.79 Å². The molecule has 1 fully saturated rings. The molecule has 1 aliphatic rings. The van der Waals surface area contributed by atoms with Gasteiger partial charge in [0.05, 0.1) is 6.54 Å². The number of fused-ring (bicyclic) bond motifs is 1. The predicted octanol–water partition coefficient (Wildman–Crippen LogP) is 3.86. The topological polar surface area (TPSA) is 36.1 Å². The van der Waals surface area contributed by atoms with Crippen LogP contribution in [0.3, 0.4) is 0 Å². The number of hydrogen-bond acceptors (Lipinski definition) is 2. The van der Waals surface area contributed by atoms with Gasteiger partial charge in [-0.1, -0.05) is 38.0 Å². The van der Waals surface area contributed by atoms with Crippen LogP contribution in [0.25, 0.3) is 10.9 Å². The molecule has 21 heavy (non-hydrogen) atoms. The Bertz CT molecular complexity index is 631. The normalized spacial score (nSPS) is 22.8. The molecule has 1 aromatic heterocycles. The lowest BCUT2D eigenvalue weighted by molar-refractivity contribution is 0.0853. The molecule has 112 valence electrons. The Morgan fingerprint density at radius 3 is 2.86 bits per heavy atom. The summed E-state index contributed by atoms with van der Waals surface area (Å²) in [6, 6.07) is 8.55. The number of carbonyl (C=O) groups excluding carboxylic acids is 1. The van der Waals surface area contributed by atoms with Gasteiger partial charge >= 0.3 is 0 Å². The van der Waals surface area contributed by atoms with Gasteiger partial charge in [-0.25, -0.2) is 0 Å². The van der Waals surface area contributed by atoms with Crippen LogP contribution in [-0.2, 0) is 0 Å². The minimum atomic E-state index is 0.215. The average molecular weight is 284 g/mol. The first-order chi connectivity index (χ1) is 10.2. The third-order valence-electron chi connectivity index (χ3n) is 4.92. The molecule has 3 nitrogen and oxygen atoms in total. The van der Waals surface area contributed by atoms with E-state index >= 15 is 0 Å². The van der Waals surface area contributed by atoms with Crippen molar-refractivity contribution in [2.75, 3.05) is 13.6 Å². The van der Waals surface area contributed by atoms with E-state index in [4.69, 9.17) is 0 Å². The SMILES string of the molecule is CC1CCCCC1N(C)CC(=O)c1c[nH]c2ccccc12. The number of benzene rings is 1. The molecule has 0 amide bonds. The predicted molar refractivity (Wildman–Crippen MR) is 86.7 cm³/mol. The van der Waals surface area contributed by atoms with Gasteiger partial charge in [0.1, 0.15) is 0 Å². The molecule has 0 saturated heterocycles. The first-order valence-electron chi connectivity index (χ1n) is 7.96. The lowest BCUT2D eigenvalue weighted by atomic mass is 9.85. The molecular formula is C18H24N2O. The summed E-state index contributed by atoms with van der Waals surface area (Å²) < 4.78 is 0. The van der Waals surface area contributed by atoms with Crippen LogP contribution >= 0.6 is 0 Å². The van der Waals surface area contributed by atoms with Crippen LogP contribution < -0.4 is 0 Å². The van der Waals surface area contributed by atoms with Crippen molar-refractivity contribution in [2.45, 2.75) is 38.6 Å². The smallest absolute Gasteiger partial charge is 0.178 e. The molecule has 0 bridgehead atoms. The molecule has 0 aliphatic heterocycles. The summed E-state index contributed by atoms with van der Waals surface area (Å²) in [5.74, 6) is 0.909. The molecule has 2 aromatic rings. The molecule has 1 aromatic carbocycles. The maximum absolute atomic E-state index is 12.6. The number of nitrogens with one attached hydrogen (secondary N) is 1. The Hall–Kier alpha value is -1.61. The highest BCUT2D eigenvalue weighted by Gasteiger charge is 2.26. The standard InChI is InChI=1S/C18H24N2O/c1-13-7-3-6-10-17(13)20(2)12-18(21)15-11-19-16-9-5-4-8-14(15)16/h4-5,8-9,11,13,17,19H,3,6-7,10,12H2,1-2H3. The molecule has 2 unspecified atom stereocenters. The van der Waals surface area contributed by atoms with E-state index in [0.29, 0.717) is 18.5 Å². The van der Waals surface area contributed by atoms with Crippen LogP contribution in [0.2, 0.25) is 0 Å². The first-order valence-corrected chi connectivity index (χ1v) is 7.96. The van der Waals surface area contributed by atoms with E-state index in [1.165, 1.54) is 25.7 Å². The van der Waals surface area contributed by atoms with Crippen LogP contribution in [-0.4, -0.2) is 35.3 Å². The molecule has 0 spiro atoms. The molecule has 2 atom stereocenters. The van der Waals surface area contributed by atoms with E-state index in [2.05, 4.69) is 23.9 Å². The van der Waals surface area contributed by atoms with E-state index in [9.17, 15) is 4.79 Å². The average Bonchev–Trinajstić information content (AvgIpc) is 2.91. The fourth-order valence-electron chi connectivity index (χ4n) is 3.68. The zero-order valence-corrected chi connectivity index (χ0v) is 12.9. The Morgan fingerprint density at radius 2 is 2.05 bits per heavy atom. The third kappa shape index (κ3) is 2.88. The summed E-state index contributed by atoms with van der Waals surface area (Å²) in [4.78, 5) is 18.1. The van der Waals surface area contributed by atoms with Crippen molar-refractivity contribution in [1.82, 2.24) is 9.88 Å². The van der Waals surface area contributed by atoms with Gasteiger partial charge < -0.3 is 4.98 Å². The largest absolute Gasteiger partial charge is 0.360 e. The first kappa shape index (κ1) is 14.3.